The van der Waals surface area contributed by atoms with Crippen LogP contribution in [0.1, 0.15) is 69.6 Å². The van der Waals surface area contributed by atoms with Crippen LogP contribution in [0.5, 0.6) is 0 Å². The summed E-state index contributed by atoms with van der Waals surface area (Å²) in [5, 5.41) is 3.44. The van der Waals surface area contributed by atoms with Crippen LogP contribution in [0.4, 0.5) is 0 Å². The first-order valence-electron chi connectivity index (χ1n) is 9.40. The SMILES string of the molecule is CCCCCC1=C(C(C)C)C=C([SiH2]c2c(C)cc(C)cc2C)C1. The molecule has 0 saturated heterocycles. The van der Waals surface area contributed by atoms with Crippen LogP contribution in [-0.2, 0) is 0 Å². The first-order valence-corrected chi connectivity index (χ1v) is 10.8. The van der Waals surface area contributed by atoms with Gasteiger partial charge >= 0.3 is 0 Å². The summed E-state index contributed by atoms with van der Waals surface area (Å²) >= 11 is 0. The van der Waals surface area contributed by atoms with Crippen molar-refractivity contribution < 1.29 is 0 Å². The Morgan fingerprint density at radius 3 is 2.26 bits per heavy atom. The molecule has 126 valence electrons. The van der Waals surface area contributed by atoms with E-state index < -0.39 is 0 Å². The quantitative estimate of drug-likeness (QED) is 0.475. The Kier molecular flexibility index (Phi) is 6.47. The van der Waals surface area contributed by atoms with E-state index in [2.05, 4.69) is 59.8 Å². The molecule has 0 heterocycles. The van der Waals surface area contributed by atoms with Gasteiger partial charge in [-0.1, -0.05) is 84.5 Å². The summed E-state index contributed by atoms with van der Waals surface area (Å²) in [6.07, 6.45) is 9.24. The number of allylic oxidation sites excluding steroid dienone is 4. The molecule has 0 fully saturated rings. The predicted octanol–water partition coefficient (Wildman–Crippen LogP) is 5.23. The summed E-state index contributed by atoms with van der Waals surface area (Å²) in [4.78, 5) is 0. The molecule has 0 radical (unpaired) electrons. The highest BCUT2D eigenvalue weighted by molar-refractivity contribution is 6.62. The zero-order chi connectivity index (χ0) is 17.0. The number of unbranched alkanes of at least 4 members (excludes halogenated alkanes) is 2. The van der Waals surface area contributed by atoms with Crippen molar-refractivity contribution in [3.63, 3.8) is 0 Å². The van der Waals surface area contributed by atoms with Crippen LogP contribution in [0, 0.1) is 26.7 Å². The van der Waals surface area contributed by atoms with Crippen molar-refractivity contribution in [3.8, 4) is 0 Å². The van der Waals surface area contributed by atoms with Gasteiger partial charge in [0, 0.05) is 0 Å². The molecule has 2 rings (SSSR count). The van der Waals surface area contributed by atoms with E-state index in [1.54, 1.807) is 21.5 Å². The predicted molar refractivity (Wildman–Crippen MR) is 108 cm³/mol. The zero-order valence-corrected chi connectivity index (χ0v) is 17.5. The lowest BCUT2D eigenvalue weighted by molar-refractivity contribution is 0.692. The van der Waals surface area contributed by atoms with E-state index >= 15 is 0 Å². The van der Waals surface area contributed by atoms with E-state index in [4.69, 9.17) is 0 Å². The molecule has 1 heteroatoms. The third-order valence-electron chi connectivity index (χ3n) is 5.16. The average Bonchev–Trinajstić information content (AvgIpc) is 2.86. The molecule has 0 bridgehead atoms. The molecule has 0 N–H and O–H groups in total. The fraction of sp³-hybridized carbons (Fsp3) is 0.545. The van der Waals surface area contributed by atoms with Gasteiger partial charge in [-0.3, -0.25) is 0 Å². The molecule has 0 nitrogen and oxygen atoms in total. The van der Waals surface area contributed by atoms with Crippen molar-refractivity contribution in [2.45, 2.75) is 73.6 Å². The highest BCUT2D eigenvalue weighted by atomic mass is 28.2. The number of benzene rings is 1. The minimum atomic E-state index is -0.313. The minimum absolute atomic E-state index is 0.313. The molecule has 0 aromatic heterocycles. The van der Waals surface area contributed by atoms with Gasteiger partial charge in [0.1, 0.15) is 0 Å². The maximum Gasteiger partial charge on any atom is 0.0835 e. The number of aryl methyl sites for hydroxylation is 3. The topological polar surface area (TPSA) is 0 Å². The lowest BCUT2D eigenvalue weighted by Gasteiger charge is -2.12. The van der Waals surface area contributed by atoms with Crippen LogP contribution in [0.2, 0.25) is 0 Å². The monoisotopic (exact) mass is 326 g/mol. The maximum atomic E-state index is 2.58. The first-order chi connectivity index (χ1) is 10.9. The molecule has 1 aromatic rings. The van der Waals surface area contributed by atoms with Crippen LogP contribution >= 0.6 is 0 Å². The zero-order valence-electron chi connectivity index (χ0n) is 16.1. The molecule has 0 aliphatic heterocycles. The first kappa shape index (κ1) is 18.3. The van der Waals surface area contributed by atoms with E-state index in [9.17, 15) is 0 Å². The normalized spacial score (nSPS) is 15.3. The summed E-state index contributed by atoms with van der Waals surface area (Å²) in [6.45, 7) is 13.8. The molecule has 1 aliphatic carbocycles. The molecular formula is C22H34Si. The van der Waals surface area contributed by atoms with Gasteiger partial charge in [-0.2, -0.15) is 0 Å². The Bertz CT molecular complexity index is 594. The number of hydrogen-bond donors (Lipinski definition) is 0. The third kappa shape index (κ3) is 4.70. The standard InChI is InChI=1S/C22H34Si/c1-7-8-9-10-19-13-20(14-21(19)15(2)3)23-22-17(5)11-16(4)12-18(22)6/h11-12,14-15H,7-10,13,23H2,1-6H3. The summed E-state index contributed by atoms with van der Waals surface area (Å²) < 4.78 is 0. The van der Waals surface area contributed by atoms with Gasteiger partial charge in [0.05, 0.1) is 9.52 Å². The Labute approximate surface area is 145 Å². The Hall–Kier alpha value is -1.08. The molecule has 0 spiro atoms. The van der Waals surface area contributed by atoms with Gasteiger partial charge < -0.3 is 0 Å². The molecule has 23 heavy (non-hydrogen) atoms. The van der Waals surface area contributed by atoms with Gasteiger partial charge in [-0.15, -0.1) is 0 Å². The number of hydrogen-bond acceptors (Lipinski definition) is 0. The van der Waals surface area contributed by atoms with Crippen molar-refractivity contribution in [1.29, 1.82) is 0 Å². The molecule has 0 saturated carbocycles. The molecule has 1 aromatic carbocycles. The Morgan fingerprint density at radius 1 is 1.04 bits per heavy atom. The molecule has 1 aliphatic rings. The summed E-state index contributed by atoms with van der Waals surface area (Å²) in [6, 6.07) is 4.73. The maximum absolute atomic E-state index is 2.58. The Morgan fingerprint density at radius 2 is 1.70 bits per heavy atom. The molecule has 0 unspecified atom stereocenters. The second kappa shape index (κ2) is 8.15. The Balaban J connectivity index is 2.13. The fourth-order valence-electron chi connectivity index (χ4n) is 3.97. The van der Waals surface area contributed by atoms with Gasteiger partial charge in [0.25, 0.3) is 0 Å². The highest BCUT2D eigenvalue weighted by Gasteiger charge is 2.19. The van der Waals surface area contributed by atoms with Crippen molar-refractivity contribution in [3.05, 3.63) is 51.2 Å². The fourth-order valence-corrected chi connectivity index (χ4v) is 5.94. The minimum Gasteiger partial charge on any atom is -0.0783 e. The summed E-state index contributed by atoms with van der Waals surface area (Å²) in [5.74, 6) is 0.679. The van der Waals surface area contributed by atoms with E-state index in [-0.39, 0.29) is 9.52 Å². The van der Waals surface area contributed by atoms with Crippen LogP contribution < -0.4 is 5.19 Å². The largest absolute Gasteiger partial charge is 0.0835 e. The van der Waals surface area contributed by atoms with Crippen LogP contribution in [0.15, 0.2) is 34.6 Å². The van der Waals surface area contributed by atoms with Gasteiger partial charge in [-0.25, -0.2) is 0 Å². The molecular weight excluding hydrogens is 292 g/mol. The van der Waals surface area contributed by atoms with E-state index in [1.807, 2.05) is 0 Å². The second-order valence-electron chi connectivity index (χ2n) is 7.70. The van der Waals surface area contributed by atoms with Crippen LogP contribution in [0.25, 0.3) is 0 Å². The molecule has 0 atom stereocenters. The van der Waals surface area contributed by atoms with Crippen LogP contribution in [0.3, 0.4) is 0 Å². The highest BCUT2D eigenvalue weighted by Crippen LogP contribution is 2.33. The van der Waals surface area contributed by atoms with Gasteiger partial charge in [0.2, 0.25) is 0 Å². The average molecular weight is 327 g/mol. The van der Waals surface area contributed by atoms with E-state index in [0.29, 0.717) is 5.92 Å². The van der Waals surface area contributed by atoms with Crippen molar-refractivity contribution >= 4 is 14.7 Å². The lowest BCUT2D eigenvalue weighted by atomic mass is 9.96. The number of rotatable bonds is 7. The van der Waals surface area contributed by atoms with Gasteiger partial charge in [0.15, 0.2) is 0 Å². The molecule has 0 amide bonds. The van der Waals surface area contributed by atoms with E-state index in [1.165, 1.54) is 48.8 Å². The van der Waals surface area contributed by atoms with Crippen LogP contribution in [-0.4, -0.2) is 9.52 Å². The summed E-state index contributed by atoms with van der Waals surface area (Å²) in [5.41, 5.74) is 7.84. The van der Waals surface area contributed by atoms with Gasteiger partial charge in [-0.05, 0) is 51.5 Å². The second-order valence-corrected chi connectivity index (χ2v) is 9.67. The third-order valence-corrected chi connectivity index (χ3v) is 7.53. The lowest BCUT2D eigenvalue weighted by Crippen LogP contribution is -2.23. The smallest absolute Gasteiger partial charge is 0.0783 e. The van der Waals surface area contributed by atoms with Crippen molar-refractivity contribution in [2.24, 2.45) is 5.92 Å². The van der Waals surface area contributed by atoms with Crippen molar-refractivity contribution in [2.75, 3.05) is 0 Å². The summed E-state index contributed by atoms with van der Waals surface area (Å²) in [7, 11) is -0.313. The van der Waals surface area contributed by atoms with E-state index in [0.717, 1.165) is 0 Å². The van der Waals surface area contributed by atoms with Crippen molar-refractivity contribution in [1.82, 2.24) is 0 Å².